The van der Waals surface area contributed by atoms with E-state index in [9.17, 15) is 18.4 Å². The number of aromatic nitrogens is 1. The molecule has 1 aromatic heterocycles. The van der Waals surface area contributed by atoms with Crippen molar-refractivity contribution in [3.63, 3.8) is 0 Å². The number of nitrogens with zero attached hydrogens (tertiary/aromatic N) is 2. The molecule has 3 aromatic rings. The second kappa shape index (κ2) is 13.6. The average Bonchev–Trinajstić information content (AvgIpc) is 3.33. The fraction of sp³-hybridized carbons (Fsp3) is 0.323. The number of hydrogen-bond acceptors (Lipinski definition) is 4. The molecule has 6 nitrogen and oxygen atoms in total. The highest BCUT2D eigenvalue weighted by Gasteiger charge is 2.29. The van der Waals surface area contributed by atoms with Crippen LogP contribution in [0.4, 0.5) is 14.6 Å². The fourth-order valence-electron chi connectivity index (χ4n) is 4.33. The molecule has 2 N–H and O–H groups in total. The molecule has 0 radical (unpaired) electrons. The SMILES string of the molecule is CCNC(C)(C)C(=O)N(C)CC#Cc1ccc2c(c1)CC(C(=O)Nc1ccccn1)C2.Fc1cccc(F)c1. The van der Waals surface area contributed by atoms with Gasteiger partial charge in [-0.15, -0.1) is 0 Å². The number of carbonyl (C=O) groups excluding carboxylic acids is 2. The highest BCUT2D eigenvalue weighted by Crippen LogP contribution is 2.28. The maximum absolute atomic E-state index is 12.6. The summed E-state index contributed by atoms with van der Waals surface area (Å²) >= 11 is 0. The van der Waals surface area contributed by atoms with E-state index in [2.05, 4.69) is 39.6 Å². The van der Waals surface area contributed by atoms with Gasteiger partial charge in [0, 0.05) is 30.8 Å². The zero-order valence-corrected chi connectivity index (χ0v) is 22.7. The molecule has 1 heterocycles. The van der Waals surface area contributed by atoms with Gasteiger partial charge >= 0.3 is 0 Å². The summed E-state index contributed by atoms with van der Waals surface area (Å²) in [5.74, 6) is 5.65. The van der Waals surface area contributed by atoms with Gasteiger partial charge in [-0.05, 0) is 80.8 Å². The molecule has 2 aromatic carbocycles. The van der Waals surface area contributed by atoms with Gasteiger partial charge in [0.1, 0.15) is 17.5 Å². The molecule has 1 aliphatic rings. The minimum Gasteiger partial charge on any atom is -0.333 e. The maximum atomic E-state index is 12.6. The fourth-order valence-corrected chi connectivity index (χ4v) is 4.33. The highest BCUT2D eigenvalue weighted by atomic mass is 19.1. The Balaban J connectivity index is 0.000000449. The number of likely N-dealkylation sites (N-methyl/N-ethyl adjacent to an activating group) is 2. The number of pyridine rings is 1. The van der Waals surface area contributed by atoms with Gasteiger partial charge in [0.15, 0.2) is 0 Å². The maximum Gasteiger partial charge on any atom is 0.242 e. The van der Waals surface area contributed by atoms with Gasteiger partial charge in [-0.2, -0.15) is 0 Å². The van der Waals surface area contributed by atoms with Crippen LogP contribution in [-0.2, 0) is 22.4 Å². The van der Waals surface area contributed by atoms with Crippen LogP contribution < -0.4 is 10.6 Å². The molecule has 0 saturated heterocycles. The normalized spacial score (nSPS) is 13.7. The Hall–Kier alpha value is -4.09. The van der Waals surface area contributed by atoms with Crippen molar-refractivity contribution in [3.05, 3.63) is 95.2 Å². The predicted molar refractivity (Wildman–Crippen MR) is 149 cm³/mol. The molecule has 0 spiro atoms. The van der Waals surface area contributed by atoms with Crippen LogP contribution in [0.1, 0.15) is 37.5 Å². The summed E-state index contributed by atoms with van der Waals surface area (Å²) in [5.41, 5.74) is 2.64. The number of amides is 2. The van der Waals surface area contributed by atoms with Gasteiger partial charge in [-0.25, -0.2) is 13.8 Å². The van der Waals surface area contributed by atoms with E-state index in [4.69, 9.17) is 0 Å². The van der Waals surface area contributed by atoms with Crippen LogP contribution >= 0.6 is 0 Å². The number of halogens is 2. The summed E-state index contributed by atoms with van der Waals surface area (Å²) < 4.78 is 23.9. The molecule has 204 valence electrons. The van der Waals surface area contributed by atoms with E-state index >= 15 is 0 Å². The lowest BCUT2D eigenvalue weighted by Gasteiger charge is -2.28. The van der Waals surface area contributed by atoms with Gasteiger partial charge < -0.3 is 15.5 Å². The van der Waals surface area contributed by atoms with Gasteiger partial charge in [-0.1, -0.05) is 37.0 Å². The van der Waals surface area contributed by atoms with Crippen molar-refractivity contribution in [1.82, 2.24) is 15.2 Å². The third kappa shape index (κ3) is 8.72. The Bertz CT molecular complexity index is 1330. The molecule has 8 heteroatoms. The summed E-state index contributed by atoms with van der Waals surface area (Å²) in [6, 6.07) is 16.1. The summed E-state index contributed by atoms with van der Waals surface area (Å²) in [5, 5.41) is 6.08. The molecule has 2 amide bonds. The first kappa shape index (κ1) is 29.5. The quantitative estimate of drug-likeness (QED) is 0.455. The molecule has 1 atom stereocenters. The minimum atomic E-state index is -0.608. The van der Waals surface area contributed by atoms with Crippen molar-refractivity contribution < 1.29 is 18.4 Å². The second-order valence-corrected chi connectivity index (χ2v) is 9.85. The standard InChI is InChI=1S/C25H30N4O2.C6H4F2/c1-5-27-25(2,3)24(31)29(4)14-8-9-18-11-12-19-16-21(17-20(19)15-18)23(30)28-22-10-6-7-13-26-22;7-5-2-1-3-6(8)4-5/h6-7,10-13,15,21,27H,5,14,16-17H2,1-4H3,(H,26,28,30);1-4H. The molecule has 1 aliphatic carbocycles. The van der Waals surface area contributed by atoms with E-state index < -0.39 is 17.2 Å². The topological polar surface area (TPSA) is 74.3 Å². The Morgan fingerprint density at radius 3 is 2.36 bits per heavy atom. The van der Waals surface area contributed by atoms with Crippen molar-refractivity contribution in [2.24, 2.45) is 5.92 Å². The Labute approximate surface area is 228 Å². The lowest BCUT2D eigenvalue weighted by molar-refractivity contribution is -0.135. The molecule has 1 unspecified atom stereocenters. The molecular formula is C31H34F2N4O2. The van der Waals surface area contributed by atoms with E-state index in [0.717, 1.165) is 30.2 Å². The largest absolute Gasteiger partial charge is 0.333 e. The van der Waals surface area contributed by atoms with E-state index in [1.54, 1.807) is 24.2 Å². The van der Waals surface area contributed by atoms with E-state index in [1.807, 2.05) is 39.0 Å². The van der Waals surface area contributed by atoms with Crippen molar-refractivity contribution in [1.29, 1.82) is 0 Å². The van der Waals surface area contributed by atoms with E-state index in [0.29, 0.717) is 18.8 Å². The van der Waals surface area contributed by atoms with Gasteiger partial charge in [0.25, 0.3) is 0 Å². The molecule has 0 bridgehead atoms. The van der Waals surface area contributed by atoms with Gasteiger partial charge in [-0.3, -0.25) is 9.59 Å². The number of carbonyl (C=O) groups is 2. The predicted octanol–water partition coefficient (Wildman–Crippen LogP) is 4.60. The van der Waals surface area contributed by atoms with Crippen molar-refractivity contribution in [3.8, 4) is 11.8 Å². The van der Waals surface area contributed by atoms with Crippen LogP contribution in [-0.4, -0.2) is 47.4 Å². The lowest BCUT2D eigenvalue weighted by Crippen LogP contribution is -2.53. The zero-order chi connectivity index (χ0) is 28.4. The number of hydrogen-bond donors (Lipinski definition) is 2. The van der Waals surface area contributed by atoms with Crippen molar-refractivity contribution in [2.75, 3.05) is 25.5 Å². The van der Waals surface area contributed by atoms with Crippen LogP contribution in [0.5, 0.6) is 0 Å². The van der Waals surface area contributed by atoms with Crippen LogP contribution in [0.3, 0.4) is 0 Å². The number of anilines is 1. The van der Waals surface area contributed by atoms with Crippen LogP contribution in [0.15, 0.2) is 66.9 Å². The van der Waals surface area contributed by atoms with Crippen molar-refractivity contribution in [2.45, 2.75) is 39.2 Å². The summed E-state index contributed by atoms with van der Waals surface area (Å²) in [6.45, 7) is 6.83. The van der Waals surface area contributed by atoms with E-state index in [-0.39, 0.29) is 17.7 Å². The Morgan fingerprint density at radius 1 is 1.03 bits per heavy atom. The number of fused-ring (bicyclic) bond motifs is 1. The molecule has 0 fully saturated rings. The first-order valence-corrected chi connectivity index (χ1v) is 12.8. The monoisotopic (exact) mass is 532 g/mol. The van der Waals surface area contributed by atoms with Gasteiger partial charge in [0.05, 0.1) is 12.1 Å². The molecule has 0 saturated carbocycles. The first-order valence-electron chi connectivity index (χ1n) is 12.8. The summed E-state index contributed by atoms with van der Waals surface area (Å²) in [4.78, 5) is 30.9. The molecular weight excluding hydrogens is 498 g/mol. The third-order valence-electron chi connectivity index (χ3n) is 6.26. The van der Waals surface area contributed by atoms with Crippen LogP contribution in [0.25, 0.3) is 0 Å². The third-order valence-corrected chi connectivity index (χ3v) is 6.26. The number of benzene rings is 2. The number of nitrogens with one attached hydrogen (secondary N) is 2. The first-order chi connectivity index (χ1) is 18.6. The van der Waals surface area contributed by atoms with Crippen molar-refractivity contribution >= 4 is 17.6 Å². The smallest absolute Gasteiger partial charge is 0.242 e. The zero-order valence-electron chi connectivity index (χ0n) is 22.7. The Kier molecular flexibility index (Phi) is 10.3. The van der Waals surface area contributed by atoms with Gasteiger partial charge in [0.2, 0.25) is 11.8 Å². The summed E-state index contributed by atoms with van der Waals surface area (Å²) in [7, 11) is 1.77. The number of rotatable bonds is 6. The Morgan fingerprint density at radius 2 is 1.74 bits per heavy atom. The van der Waals surface area contributed by atoms with Crippen LogP contribution in [0, 0.1) is 29.4 Å². The summed E-state index contributed by atoms with van der Waals surface area (Å²) in [6.07, 6.45) is 3.08. The second-order valence-electron chi connectivity index (χ2n) is 9.85. The van der Waals surface area contributed by atoms with Crippen LogP contribution in [0.2, 0.25) is 0 Å². The van der Waals surface area contributed by atoms with E-state index in [1.165, 1.54) is 23.8 Å². The lowest BCUT2D eigenvalue weighted by atomic mass is 10.0. The molecule has 0 aliphatic heterocycles. The molecule has 39 heavy (non-hydrogen) atoms. The molecule has 4 rings (SSSR count). The highest BCUT2D eigenvalue weighted by molar-refractivity contribution is 5.92. The minimum absolute atomic E-state index is 0.00836. The average molecular weight is 533 g/mol.